The van der Waals surface area contributed by atoms with Crippen LogP contribution in [0.5, 0.6) is 11.5 Å². The third-order valence-corrected chi connectivity index (χ3v) is 4.79. The normalized spacial score (nSPS) is 12.1. The number of nitriles is 1. The van der Waals surface area contributed by atoms with Crippen molar-refractivity contribution in [3.05, 3.63) is 71.4 Å². The molecule has 0 saturated carbocycles. The van der Waals surface area contributed by atoms with Crippen molar-refractivity contribution in [2.75, 3.05) is 14.2 Å². The zero-order valence-corrected chi connectivity index (χ0v) is 18.2. The van der Waals surface area contributed by atoms with Gasteiger partial charge in [0.15, 0.2) is 11.5 Å². The minimum atomic E-state index is -0.418. The Bertz CT molecular complexity index is 917. The number of hydrogen-bond donors (Lipinski definition) is 1. The van der Waals surface area contributed by atoms with E-state index in [0.717, 1.165) is 11.1 Å². The van der Waals surface area contributed by atoms with Gasteiger partial charge in [0.25, 0.3) is 5.91 Å². The van der Waals surface area contributed by atoms with Crippen molar-refractivity contribution in [3.63, 3.8) is 0 Å². The summed E-state index contributed by atoms with van der Waals surface area (Å²) < 4.78 is 10.6. The van der Waals surface area contributed by atoms with Crippen molar-refractivity contribution >= 4 is 5.91 Å². The zero-order chi connectivity index (χ0) is 22.1. The first-order chi connectivity index (χ1) is 14.4. The van der Waals surface area contributed by atoms with Crippen LogP contribution < -0.4 is 14.8 Å². The fourth-order valence-corrected chi connectivity index (χ4v) is 2.96. The Morgan fingerprint density at radius 3 is 2.33 bits per heavy atom. The highest BCUT2D eigenvalue weighted by Crippen LogP contribution is 2.30. The Morgan fingerprint density at radius 1 is 1.10 bits per heavy atom. The second-order valence-electron chi connectivity index (χ2n) is 7.22. The molecule has 1 N–H and O–H groups in total. The fourth-order valence-electron chi connectivity index (χ4n) is 2.96. The van der Waals surface area contributed by atoms with Crippen molar-refractivity contribution < 1.29 is 14.3 Å². The molecule has 2 aromatic rings. The second-order valence-corrected chi connectivity index (χ2v) is 7.22. The summed E-state index contributed by atoms with van der Waals surface area (Å²) in [5.74, 6) is 0.783. The van der Waals surface area contributed by atoms with Gasteiger partial charge in [0.05, 0.1) is 20.3 Å². The summed E-state index contributed by atoms with van der Waals surface area (Å²) >= 11 is 0. The lowest BCUT2D eigenvalue weighted by Crippen LogP contribution is -2.31. The molecule has 0 bridgehead atoms. The topological polar surface area (TPSA) is 74.6 Å². The van der Waals surface area contributed by atoms with E-state index in [2.05, 4.69) is 5.32 Å². The van der Waals surface area contributed by atoms with E-state index in [1.54, 1.807) is 26.5 Å². The number of amides is 1. The van der Waals surface area contributed by atoms with Crippen LogP contribution in [0.4, 0.5) is 0 Å². The maximum Gasteiger partial charge on any atom is 0.263 e. The molecule has 0 fully saturated rings. The average molecular weight is 408 g/mol. The number of methoxy groups -OCH3 is 2. The van der Waals surface area contributed by atoms with E-state index in [1.807, 2.05) is 74.2 Å². The molecular weight excluding hydrogens is 378 g/mol. The van der Waals surface area contributed by atoms with Gasteiger partial charge in [-0.2, -0.15) is 5.26 Å². The third kappa shape index (κ3) is 6.02. The average Bonchev–Trinajstić information content (AvgIpc) is 2.76. The molecule has 0 aliphatic rings. The van der Waals surface area contributed by atoms with Crippen molar-refractivity contribution in [1.82, 2.24) is 10.2 Å². The third-order valence-electron chi connectivity index (χ3n) is 4.79. The van der Waals surface area contributed by atoms with Gasteiger partial charge in [-0.1, -0.05) is 36.4 Å². The van der Waals surface area contributed by atoms with E-state index in [9.17, 15) is 10.1 Å². The van der Waals surface area contributed by atoms with Crippen LogP contribution in [0.3, 0.4) is 0 Å². The van der Waals surface area contributed by atoms with Crippen LogP contribution >= 0.6 is 0 Å². The summed E-state index contributed by atoms with van der Waals surface area (Å²) in [7, 11) is 3.14. The molecule has 0 spiro atoms. The summed E-state index contributed by atoms with van der Waals surface area (Å²) in [6, 6.07) is 17.3. The molecule has 0 radical (unpaired) electrons. The molecule has 0 saturated heterocycles. The molecule has 6 heteroatoms. The monoisotopic (exact) mass is 407 g/mol. The van der Waals surface area contributed by atoms with E-state index in [-0.39, 0.29) is 17.7 Å². The van der Waals surface area contributed by atoms with Gasteiger partial charge in [-0.3, -0.25) is 4.79 Å². The molecule has 30 heavy (non-hydrogen) atoms. The molecule has 1 atom stereocenters. The number of benzene rings is 2. The number of carbonyl (C=O) groups excluding carboxylic acids is 1. The number of nitrogens with one attached hydrogen (secondary N) is 1. The van der Waals surface area contributed by atoms with Gasteiger partial charge < -0.3 is 19.7 Å². The molecule has 6 nitrogen and oxygen atoms in total. The van der Waals surface area contributed by atoms with Crippen LogP contribution in [0.1, 0.15) is 37.9 Å². The van der Waals surface area contributed by atoms with Gasteiger partial charge in [-0.05, 0) is 44.0 Å². The summed E-state index contributed by atoms with van der Waals surface area (Å²) in [5.41, 5.74) is 2.02. The molecule has 0 aliphatic carbocycles. The van der Waals surface area contributed by atoms with Crippen molar-refractivity contribution in [2.24, 2.45) is 0 Å². The number of nitrogens with zero attached hydrogens (tertiary/aromatic N) is 2. The highest BCUT2D eigenvalue weighted by Gasteiger charge is 2.17. The first kappa shape index (κ1) is 22.8. The summed E-state index contributed by atoms with van der Waals surface area (Å²) in [6.45, 7) is 6.53. The van der Waals surface area contributed by atoms with E-state index < -0.39 is 5.91 Å². The smallest absolute Gasteiger partial charge is 0.263 e. The van der Waals surface area contributed by atoms with E-state index in [0.29, 0.717) is 18.0 Å². The molecule has 158 valence electrons. The van der Waals surface area contributed by atoms with Crippen molar-refractivity contribution in [2.45, 2.75) is 39.4 Å². The molecule has 0 aromatic heterocycles. The molecule has 0 heterocycles. The van der Waals surface area contributed by atoms with Crippen LogP contribution in [0.15, 0.2) is 60.3 Å². The summed E-state index contributed by atoms with van der Waals surface area (Å²) in [5, 5.41) is 12.5. The minimum Gasteiger partial charge on any atom is -0.493 e. The maximum atomic E-state index is 12.8. The largest absolute Gasteiger partial charge is 0.493 e. The fraction of sp³-hybridized carbons (Fsp3) is 0.333. The van der Waals surface area contributed by atoms with Crippen molar-refractivity contribution in [1.29, 1.82) is 5.26 Å². The Morgan fingerprint density at radius 2 is 1.77 bits per heavy atom. The first-order valence-electron chi connectivity index (χ1n) is 9.84. The number of rotatable bonds is 9. The highest BCUT2D eigenvalue weighted by atomic mass is 16.5. The molecule has 2 aromatic carbocycles. The molecule has 2 rings (SSSR count). The lowest BCUT2D eigenvalue weighted by molar-refractivity contribution is -0.117. The minimum absolute atomic E-state index is 0.0620. The van der Waals surface area contributed by atoms with Gasteiger partial charge in [-0.15, -0.1) is 0 Å². The van der Waals surface area contributed by atoms with Crippen LogP contribution in [-0.2, 0) is 11.3 Å². The summed E-state index contributed by atoms with van der Waals surface area (Å²) in [6.07, 6.45) is 1.63. The predicted molar refractivity (Wildman–Crippen MR) is 117 cm³/mol. The van der Waals surface area contributed by atoms with Crippen LogP contribution in [0, 0.1) is 11.3 Å². The van der Waals surface area contributed by atoms with Gasteiger partial charge >= 0.3 is 0 Å². The van der Waals surface area contributed by atoms with Crippen LogP contribution in [0.25, 0.3) is 0 Å². The van der Waals surface area contributed by atoms with Crippen LogP contribution in [0.2, 0.25) is 0 Å². The Hall–Kier alpha value is -3.46. The SMILES string of the molecule is COc1ccc(C(C)NC(=O)/C(C#N)=C\N(Cc2ccccc2)C(C)C)cc1OC. The maximum absolute atomic E-state index is 12.8. The lowest BCUT2D eigenvalue weighted by Gasteiger charge is -2.25. The van der Waals surface area contributed by atoms with E-state index in [4.69, 9.17) is 9.47 Å². The number of hydrogen-bond acceptors (Lipinski definition) is 5. The highest BCUT2D eigenvalue weighted by molar-refractivity contribution is 5.97. The van der Waals surface area contributed by atoms with Gasteiger partial charge in [0.1, 0.15) is 11.6 Å². The Labute approximate surface area is 178 Å². The van der Waals surface area contributed by atoms with Gasteiger partial charge in [0.2, 0.25) is 0 Å². The predicted octanol–water partition coefficient (Wildman–Crippen LogP) is 4.20. The van der Waals surface area contributed by atoms with Crippen LogP contribution in [-0.4, -0.2) is 31.1 Å². The lowest BCUT2D eigenvalue weighted by atomic mass is 10.1. The molecule has 1 unspecified atom stereocenters. The second kappa shape index (κ2) is 10.9. The zero-order valence-electron chi connectivity index (χ0n) is 18.2. The molecular formula is C24H29N3O3. The van der Waals surface area contributed by atoms with E-state index >= 15 is 0 Å². The first-order valence-corrected chi connectivity index (χ1v) is 9.84. The van der Waals surface area contributed by atoms with Gasteiger partial charge in [0, 0.05) is 18.8 Å². The Balaban J connectivity index is 2.17. The number of ether oxygens (including phenoxy) is 2. The van der Waals surface area contributed by atoms with E-state index in [1.165, 1.54) is 0 Å². The van der Waals surface area contributed by atoms with Crippen molar-refractivity contribution in [3.8, 4) is 17.6 Å². The number of carbonyl (C=O) groups is 1. The Kier molecular flexibility index (Phi) is 8.30. The van der Waals surface area contributed by atoms with Gasteiger partial charge in [-0.25, -0.2) is 0 Å². The summed E-state index contributed by atoms with van der Waals surface area (Å²) in [4.78, 5) is 14.7. The quantitative estimate of drug-likeness (QED) is 0.498. The standard InChI is InChI=1S/C24H29N3O3/c1-17(2)27(15-19-9-7-6-8-10-19)16-21(14-25)24(28)26-18(3)20-11-12-22(29-4)23(13-20)30-5/h6-13,16-18H,15H2,1-5H3,(H,26,28)/b21-16-. The molecule has 0 aliphatic heterocycles. The molecule has 1 amide bonds.